The summed E-state index contributed by atoms with van der Waals surface area (Å²) in [7, 11) is 0. The summed E-state index contributed by atoms with van der Waals surface area (Å²) < 4.78 is 4.93. The van der Waals surface area contributed by atoms with E-state index in [9.17, 15) is 14.4 Å². The summed E-state index contributed by atoms with van der Waals surface area (Å²) in [5.74, 6) is -1.25. The Morgan fingerprint density at radius 1 is 1.37 bits per heavy atom. The topological polar surface area (TPSA) is 95.9 Å². The molecule has 100 valence electrons. The van der Waals surface area contributed by atoms with Crippen molar-refractivity contribution in [1.29, 1.82) is 0 Å². The molecule has 1 aliphatic rings. The number of aliphatic carboxylic acids is 1. The van der Waals surface area contributed by atoms with E-state index in [1.807, 2.05) is 6.07 Å². The molecule has 0 radical (unpaired) electrons. The van der Waals surface area contributed by atoms with Crippen LogP contribution >= 0.6 is 0 Å². The maximum Gasteiger partial charge on any atom is 0.419 e. The summed E-state index contributed by atoms with van der Waals surface area (Å²) in [6.07, 6.45) is -0.966. The molecule has 1 saturated heterocycles. The molecule has 7 nitrogen and oxygen atoms in total. The number of hydrogen-bond donors (Lipinski definition) is 2. The molecule has 0 unspecified atom stereocenters. The van der Waals surface area contributed by atoms with Crippen molar-refractivity contribution in [3.8, 4) is 0 Å². The fourth-order valence-corrected chi connectivity index (χ4v) is 1.70. The molecule has 1 atom stereocenters. The maximum atomic E-state index is 11.7. The Balaban J connectivity index is 1.99. The number of imide groups is 1. The van der Waals surface area contributed by atoms with E-state index in [1.54, 1.807) is 24.3 Å². The highest BCUT2D eigenvalue weighted by Gasteiger charge is 2.41. The molecule has 1 heterocycles. The average Bonchev–Trinajstić information content (AvgIpc) is 2.79. The number of benzene rings is 1. The minimum atomic E-state index is -1.25. The van der Waals surface area contributed by atoms with Gasteiger partial charge in [-0.25, -0.2) is 19.3 Å². The highest BCUT2D eigenvalue weighted by molar-refractivity contribution is 5.98. The molecule has 2 rings (SSSR count). The first-order valence-electron chi connectivity index (χ1n) is 5.60. The summed E-state index contributed by atoms with van der Waals surface area (Å²) in [5.41, 5.74) is 0.752. The largest absolute Gasteiger partial charge is 0.480 e. The summed E-state index contributed by atoms with van der Waals surface area (Å²) >= 11 is 0. The normalized spacial score (nSPS) is 18.0. The lowest BCUT2D eigenvalue weighted by Gasteiger charge is -2.17. The lowest BCUT2D eigenvalue weighted by Crippen LogP contribution is -2.44. The highest BCUT2D eigenvalue weighted by atomic mass is 16.6. The highest BCUT2D eigenvalue weighted by Crippen LogP contribution is 2.11. The third kappa shape index (κ3) is 2.82. The van der Waals surface area contributed by atoms with Gasteiger partial charge in [-0.15, -0.1) is 0 Å². The smallest absolute Gasteiger partial charge is 0.419 e. The SMILES string of the molecule is O=C(O)[C@H]1CNC(=O)N1C(=O)OCc1ccccc1. The minimum Gasteiger partial charge on any atom is -0.480 e. The fraction of sp³-hybridized carbons (Fsp3) is 0.250. The monoisotopic (exact) mass is 264 g/mol. The fourth-order valence-electron chi connectivity index (χ4n) is 1.70. The Labute approximate surface area is 108 Å². The van der Waals surface area contributed by atoms with Crippen LogP contribution < -0.4 is 5.32 Å². The number of nitrogens with one attached hydrogen (secondary N) is 1. The van der Waals surface area contributed by atoms with Crippen molar-refractivity contribution in [2.24, 2.45) is 0 Å². The number of nitrogens with zero attached hydrogens (tertiary/aromatic N) is 1. The number of carboxylic acids is 1. The van der Waals surface area contributed by atoms with Crippen molar-refractivity contribution in [3.63, 3.8) is 0 Å². The molecule has 19 heavy (non-hydrogen) atoms. The van der Waals surface area contributed by atoms with Gasteiger partial charge >= 0.3 is 18.1 Å². The van der Waals surface area contributed by atoms with Gasteiger partial charge in [0.2, 0.25) is 0 Å². The third-order valence-electron chi connectivity index (χ3n) is 2.66. The zero-order chi connectivity index (χ0) is 13.8. The van der Waals surface area contributed by atoms with Crippen LogP contribution in [0, 0.1) is 0 Å². The van der Waals surface area contributed by atoms with E-state index in [2.05, 4.69) is 5.32 Å². The van der Waals surface area contributed by atoms with E-state index >= 15 is 0 Å². The van der Waals surface area contributed by atoms with E-state index in [4.69, 9.17) is 9.84 Å². The molecular formula is C12H12N2O5. The molecule has 3 amide bonds. The lowest BCUT2D eigenvalue weighted by molar-refractivity contribution is -0.140. The van der Waals surface area contributed by atoms with Gasteiger partial charge in [0.05, 0.1) is 6.54 Å². The first kappa shape index (κ1) is 12.9. The number of amides is 3. The van der Waals surface area contributed by atoms with Gasteiger partial charge in [0.1, 0.15) is 6.61 Å². The van der Waals surface area contributed by atoms with Gasteiger partial charge < -0.3 is 15.2 Å². The van der Waals surface area contributed by atoms with Gasteiger partial charge in [0.15, 0.2) is 6.04 Å². The molecule has 1 aromatic rings. The van der Waals surface area contributed by atoms with Crippen LogP contribution in [0.3, 0.4) is 0 Å². The number of rotatable bonds is 3. The molecule has 1 fully saturated rings. The molecule has 2 N–H and O–H groups in total. The molecule has 0 aliphatic carbocycles. The molecule has 1 aromatic carbocycles. The number of hydrogen-bond acceptors (Lipinski definition) is 4. The van der Waals surface area contributed by atoms with Gasteiger partial charge in [-0.3, -0.25) is 0 Å². The van der Waals surface area contributed by atoms with E-state index in [-0.39, 0.29) is 13.2 Å². The third-order valence-corrected chi connectivity index (χ3v) is 2.66. The van der Waals surface area contributed by atoms with E-state index < -0.39 is 24.1 Å². The van der Waals surface area contributed by atoms with Gasteiger partial charge in [0.25, 0.3) is 0 Å². The van der Waals surface area contributed by atoms with Crippen molar-refractivity contribution < 1.29 is 24.2 Å². The number of ether oxygens (including phenoxy) is 1. The predicted octanol–water partition coefficient (Wildman–Crippen LogP) is 0.802. The zero-order valence-electron chi connectivity index (χ0n) is 9.91. The summed E-state index contributed by atoms with van der Waals surface area (Å²) in [6, 6.07) is 6.91. The summed E-state index contributed by atoms with van der Waals surface area (Å²) in [5, 5.41) is 11.2. The molecule has 0 saturated carbocycles. The average molecular weight is 264 g/mol. The van der Waals surface area contributed by atoms with Gasteiger partial charge in [-0.1, -0.05) is 30.3 Å². The summed E-state index contributed by atoms with van der Waals surface area (Å²) in [6.45, 7) is -0.135. The number of carbonyl (C=O) groups excluding carboxylic acids is 2. The number of carboxylic acid groups (broad SMARTS) is 1. The zero-order valence-corrected chi connectivity index (χ0v) is 9.91. The molecule has 0 bridgehead atoms. The van der Waals surface area contributed by atoms with Crippen molar-refractivity contribution in [2.45, 2.75) is 12.6 Å². The van der Waals surface area contributed by atoms with Gasteiger partial charge in [-0.2, -0.15) is 0 Å². The first-order chi connectivity index (χ1) is 9.09. The Bertz CT molecular complexity index is 502. The number of urea groups is 1. The van der Waals surface area contributed by atoms with Gasteiger partial charge in [-0.05, 0) is 5.56 Å². The molecule has 0 aromatic heterocycles. The summed E-state index contributed by atoms with van der Waals surface area (Å²) in [4.78, 5) is 34.6. The minimum absolute atomic E-state index is 0.0181. The van der Waals surface area contributed by atoms with Crippen LogP contribution in [-0.2, 0) is 16.1 Å². The Morgan fingerprint density at radius 2 is 2.05 bits per heavy atom. The second-order valence-corrected chi connectivity index (χ2v) is 3.95. The van der Waals surface area contributed by atoms with Crippen LogP contribution in [0.4, 0.5) is 9.59 Å². The standard InChI is InChI=1S/C12H12N2O5/c15-10(16)9-6-13-11(17)14(9)12(18)19-7-8-4-2-1-3-5-8/h1-5,9H,6-7H2,(H,13,17)(H,15,16)/t9-/m1/s1. The van der Waals surface area contributed by atoms with Crippen LogP contribution in [-0.4, -0.2) is 40.7 Å². The van der Waals surface area contributed by atoms with Crippen LogP contribution in [0.25, 0.3) is 0 Å². The van der Waals surface area contributed by atoms with Crippen molar-refractivity contribution in [3.05, 3.63) is 35.9 Å². The Morgan fingerprint density at radius 3 is 2.68 bits per heavy atom. The Kier molecular flexibility index (Phi) is 3.65. The van der Waals surface area contributed by atoms with E-state index in [0.717, 1.165) is 5.56 Å². The Hall–Kier alpha value is -2.57. The van der Waals surface area contributed by atoms with Crippen LogP contribution in [0.1, 0.15) is 5.56 Å². The quantitative estimate of drug-likeness (QED) is 0.841. The van der Waals surface area contributed by atoms with Crippen molar-refractivity contribution >= 4 is 18.1 Å². The van der Waals surface area contributed by atoms with E-state index in [0.29, 0.717) is 4.90 Å². The lowest BCUT2D eigenvalue weighted by atomic mass is 10.2. The van der Waals surface area contributed by atoms with E-state index in [1.165, 1.54) is 0 Å². The number of carbonyl (C=O) groups is 3. The molecule has 7 heteroatoms. The maximum absolute atomic E-state index is 11.7. The van der Waals surface area contributed by atoms with Gasteiger partial charge in [0, 0.05) is 0 Å². The first-order valence-corrected chi connectivity index (χ1v) is 5.60. The van der Waals surface area contributed by atoms with Crippen LogP contribution in [0.5, 0.6) is 0 Å². The second kappa shape index (κ2) is 5.38. The van der Waals surface area contributed by atoms with Crippen LogP contribution in [0.15, 0.2) is 30.3 Å². The van der Waals surface area contributed by atoms with Crippen molar-refractivity contribution in [1.82, 2.24) is 10.2 Å². The van der Waals surface area contributed by atoms with Crippen molar-refractivity contribution in [2.75, 3.05) is 6.54 Å². The molecular weight excluding hydrogens is 252 g/mol. The second-order valence-electron chi connectivity index (χ2n) is 3.95. The molecule has 1 aliphatic heterocycles. The van der Waals surface area contributed by atoms with Crippen LogP contribution in [0.2, 0.25) is 0 Å². The molecule has 0 spiro atoms. The predicted molar refractivity (Wildman–Crippen MR) is 63.3 cm³/mol.